The number of β-amino-alcohol motifs (C(OH)–C–C–N with tert-alkyl or cyclic N) is 1. The van der Waals surface area contributed by atoms with Gasteiger partial charge in [-0.1, -0.05) is 67.1 Å². The quantitative estimate of drug-likeness (QED) is 0.834. The number of hydrogen-bond acceptors (Lipinski definition) is 2. The van der Waals surface area contributed by atoms with Crippen LogP contribution in [-0.4, -0.2) is 35.7 Å². The summed E-state index contributed by atoms with van der Waals surface area (Å²) in [6.45, 7) is 3.08. The number of hydrogen-bond donors (Lipinski definition) is 1. The van der Waals surface area contributed by atoms with E-state index in [0.29, 0.717) is 0 Å². The molecule has 3 heteroatoms. The molecular formula is C21H28ClNO. The molecule has 0 amide bonds. The number of nitrogens with zero attached hydrogens (tertiary/aromatic N) is 1. The lowest BCUT2D eigenvalue weighted by Gasteiger charge is -2.30. The zero-order chi connectivity index (χ0) is 15.9. The maximum atomic E-state index is 10.7. The molecule has 1 aliphatic heterocycles. The predicted molar refractivity (Wildman–Crippen MR) is 103 cm³/mol. The fourth-order valence-electron chi connectivity index (χ4n) is 3.62. The van der Waals surface area contributed by atoms with E-state index >= 15 is 0 Å². The highest BCUT2D eigenvalue weighted by atomic mass is 35.5. The normalized spacial score (nSPS) is 16.6. The standard InChI is InChI=1S/C21H27NO.ClH/c23-20(17-22-14-8-3-9-15-22)16-21(18-10-4-1-5-11-18)19-12-6-2-7-13-19;/h1-2,4-7,10-13,20-21,23H,3,8-9,14-17H2;1H. The third kappa shape index (κ3) is 5.34. The molecule has 2 aromatic carbocycles. The van der Waals surface area contributed by atoms with Crippen LogP contribution >= 0.6 is 12.4 Å². The number of benzene rings is 2. The van der Waals surface area contributed by atoms with Crippen molar-refractivity contribution in [2.45, 2.75) is 37.7 Å². The minimum atomic E-state index is -0.279. The van der Waals surface area contributed by atoms with E-state index in [1.165, 1.54) is 30.4 Å². The molecule has 130 valence electrons. The Morgan fingerprint density at radius 1 is 0.792 bits per heavy atom. The highest BCUT2D eigenvalue weighted by Crippen LogP contribution is 2.29. The zero-order valence-electron chi connectivity index (χ0n) is 14.2. The van der Waals surface area contributed by atoms with Gasteiger partial charge in [0.05, 0.1) is 6.10 Å². The van der Waals surface area contributed by atoms with E-state index in [1.54, 1.807) is 0 Å². The molecular weight excluding hydrogens is 318 g/mol. The second-order valence-corrected chi connectivity index (χ2v) is 6.62. The van der Waals surface area contributed by atoms with E-state index in [0.717, 1.165) is 26.1 Å². The summed E-state index contributed by atoms with van der Waals surface area (Å²) in [6, 6.07) is 21.1. The molecule has 0 saturated carbocycles. The summed E-state index contributed by atoms with van der Waals surface area (Å²) in [4.78, 5) is 2.42. The minimum Gasteiger partial charge on any atom is -0.392 e. The van der Waals surface area contributed by atoms with E-state index in [4.69, 9.17) is 0 Å². The molecule has 0 spiro atoms. The van der Waals surface area contributed by atoms with Crippen LogP contribution in [0.15, 0.2) is 60.7 Å². The smallest absolute Gasteiger partial charge is 0.0676 e. The van der Waals surface area contributed by atoms with Gasteiger partial charge >= 0.3 is 0 Å². The Balaban J connectivity index is 0.00000208. The number of halogens is 1. The number of likely N-dealkylation sites (tertiary alicyclic amines) is 1. The van der Waals surface area contributed by atoms with Gasteiger partial charge in [0, 0.05) is 12.5 Å². The van der Waals surface area contributed by atoms with Gasteiger partial charge in [0.2, 0.25) is 0 Å². The van der Waals surface area contributed by atoms with E-state index in [9.17, 15) is 5.11 Å². The van der Waals surface area contributed by atoms with Crippen molar-refractivity contribution in [1.82, 2.24) is 4.90 Å². The largest absolute Gasteiger partial charge is 0.392 e. The highest BCUT2D eigenvalue weighted by molar-refractivity contribution is 5.85. The number of rotatable bonds is 6. The monoisotopic (exact) mass is 345 g/mol. The summed E-state index contributed by atoms with van der Waals surface area (Å²) in [7, 11) is 0. The van der Waals surface area contributed by atoms with Crippen LogP contribution in [0, 0.1) is 0 Å². The summed E-state index contributed by atoms with van der Waals surface area (Å²) in [5.41, 5.74) is 2.58. The molecule has 0 bridgehead atoms. The van der Waals surface area contributed by atoms with E-state index in [1.807, 2.05) is 0 Å². The summed E-state index contributed by atoms with van der Waals surface area (Å²) < 4.78 is 0. The van der Waals surface area contributed by atoms with Gasteiger partial charge in [-0.25, -0.2) is 0 Å². The van der Waals surface area contributed by atoms with Crippen molar-refractivity contribution in [2.24, 2.45) is 0 Å². The van der Waals surface area contributed by atoms with Crippen LogP contribution in [0.25, 0.3) is 0 Å². The minimum absolute atomic E-state index is 0. The summed E-state index contributed by atoms with van der Waals surface area (Å²) in [6.07, 6.45) is 4.38. The Morgan fingerprint density at radius 2 is 1.29 bits per heavy atom. The molecule has 1 heterocycles. The van der Waals surface area contributed by atoms with Gasteiger partial charge in [0.15, 0.2) is 0 Å². The van der Waals surface area contributed by atoms with Crippen LogP contribution in [0.2, 0.25) is 0 Å². The van der Waals surface area contributed by atoms with Gasteiger partial charge in [-0.15, -0.1) is 12.4 Å². The Bertz CT molecular complexity index is 529. The van der Waals surface area contributed by atoms with Crippen molar-refractivity contribution in [3.63, 3.8) is 0 Å². The molecule has 0 aliphatic carbocycles. The van der Waals surface area contributed by atoms with Crippen LogP contribution in [-0.2, 0) is 0 Å². The number of piperidine rings is 1. The Morgan fingerprint density at radius 3 is 1.79 bits per heavy atom. The third-order valence-electron chi connectivity index (χ3n) is 4.83. The topological polar surface area (TPSA) is 23.5 Å². The first kappa shape index (κ1) is 19.0. The molecule has 1 N–H and O–H groups in total. The van der Waals surface area contributed by atoms with Crippen LogP contribution in [0.1, 0.15) is 42.7 Å². The fourth-order valence-corrected chi connectivity index (χ4v) is 3.62. The molecule has 0 radical (unpaired) electrons. The SMILES string of the molecule is Cl.OC(CC(c1ccccc1)c1ccccc1)CN1CCCCC1. The Labute approximate surface area is 151 Å². The third-order valence-corrected chi connectivity index (χ3v) is 4.83. The molecule has 1 saturated heterocycles. The van der Waals surface area contributed by atoms with Gasteiger partial charge < -0.3 is 10.0 Å². The van der Waals surface area contributed by atoms with Gasteiger partial charge in [-0.05, 0) is 43.5 Å². The van der Waals surface area contributed by atoms with E-state index in [-0.39, 0.29) is 24.4 Å². The lowest BCUT2D eigenvalue weighted by Crippen LogP contribution is -2.37. The molecule has 24 heavy (non-hydrogen) atoms. The van der Waals surface area contributed by atoms with E-state index in [2.05, 4.69) is 65.6 Å². The van der Waals surface area contributed by atoms with Gasteiger partial charge in [0.25, 0.3) is 0 Å². The van der Waals surface area contributed by atoms with Crippen LogP contribution in [0.3, 0.4) is 0 Å². The molecule has 0 aromatic heterocycles. The van der Waals surface area contributed by atoms with Crippen molar-refractivity contribution in [1.29, 1.82) is 0 Å². The first-order valence-electron chi connectivity index (χ1n) is 8.83. The van der Waals surface area contributed by atoms with Gasteiger partial charge in [-0.2, -0.15) is 0 Å². The van der Waals surface area contributed by atoms with Crippen LogP contribution < -0.4 is 0 Å². The first-order valence-corrected chi connectivity index (χ1v) is 8.83. The van der Waals surface area contributed by atoms with Gasteiger partial charge in [-0.3, -0.25) is 0 Å². The maximum absolute atomic E-state index is 10.7. The van der Waals surface area contributed by atoms with Crippen molar-refractivity contribution in [3.8, 4) is 0 Å². The lowest BCUT2D eigenvalue weighted by atomic mass is 9.86. The average Bonchev–Trinajstić information content (AvgIpc) is 2.62. The molecule has 2 nitrogen and oxygen atoms in total. The number of aliphatic hydroxyl groups excluding tert-OH is 1. The van der Waals surface area contributed by atoms with Crippen LogP contribution in [0.4, 0.5) is 0 Å². The molecule has 1 unspecified atom stereocenters. The Hall–Kier alpha value is -1.35. The molecule has 1 atom stereocenters. The molecule has 3 rings (SSSR count). The van der Waals surface area contributed by atoms with Crippen molar-refractivity contribution in [3.05, 3.63) is 71.8 Å². The van der Waals surface area contributed by atoms with Crippen molar-refractivity contribution < 1.29 is 5.11 Å². The highest BCUT2D eigenvalue weighted by Gasteiger charge is 2.21. The predicted octanol–water partition coefficient (Wildman–Crippen LogP) is 4.48. The first-order chi connectivity index (χ1) is 11.3. The Kier molecular flexibility index (Phi) is 7.77. The molecule has 2 aromatic rings. The molecule has 1 aliphatic rings. The number of aliphatic hydroxyl groups is 1. The van der Waals surface area contributed by atoms with Crippen molar-refractivity contribution >= 4 is 12.4 Å². The lowest BCUT2D eigenvalue weighted by molar-refractivity contribution is 0.0917. The fraction of sp³-hybridized carbons (Fsp3) is 0.429. The summed E-state index contributed by atoms with van der Waals surface area (Å²) >= 11 is 0. The average molecular weight is 346 g/mol. The summed E-state index contributed by atoms with van der Waals surface area (Å²) in [5, 5.41) is 10.7. The van der Waals surface area contributed by atoms with Crippen LogP contribution in [0.5, 0.6) is 0 Å². The second kappa shape index (κ2) is 9.83. The van der Waals surface area contributed by atoms with E-state index < -0.39 is 0 Å². The second-order valence-electron chi connectivity index (χ2n) is 6.62. The zero-order valence-corrected chi connectivity index (χ0v) is 15.0. The maximum Gasteiger partial charge on any atom is 0.0676 e. The molecule has 1 fully saturated rings. The van der Waals surface area contributed by atoms with Crippen molar-refractivity contribution in [2.75, 3.05) is 19.6 Å². The van der Waals surface area contributed by atoms with Gasteiger partial charge in [0.1, 0.15) is 0 Å². The summed E-state index contributed by atoms with van der Waals surface area (Å²) in [5.74, 6) is 0.261.